The number of thiazole rings is 1. The molecule has 0 radical (unpaired) electrons. The largest absolute Gasteiger partial charge is 0.462 e. The molecule has 0 aliphatic carbocycles. The number of ether oxygens (including phenoxy) is 2. The SMILES string of the molecule is CCOC(=O)c1sc(N2CC[C@@H](NC(=O)c3nc(Cl)c(CC)[nH]3)[C@@H](OC)C2)nc1C(F)(F)F. The van der Waals surface area contributed by atoms with Gasteiger partial charge in [0, 0.05) is 20.2 Å². The molecule has 14 heteroatoms. The number of alkyl halides is 3. The number of piperidine rings is 1. The summed E-state index contributed by atoms with van der Waals surface area (Å²) >= 11 is 6.61. The maximum atomic E-state index is 13.4. The van der Waals surface area contributed by atoms with Gasteiger partial charge in [-0.05, 0) is 19.8 Å². The van der Waals surface area contributed by atoms with Crippen LogP contribution >= 0.6 is 22.9 Å². The first-order valence-electron chi connectivity index (χ1n) is 10.2. The van der Waals surface area contributed by atoms with E-state index in [9.17, 15) is 22.8 Å². The predicted octanol–water partition coefficient (Wildman–Crippen LogP) is 3.30. The van der Waals surface area contributed by atoms with Gasteiger partial charge >= 0.3 is 12.1 Å². The first-order valence-corrected chi connectivity index (χ1v) is 11.4. The second-order valence-electron chi connectivity index (χ2n) is 7.19. The van der Waals surface area contributed by atoms with Gasteiger partial charge in [-0.25, -0.2) is 14.8 Å². The van der Waals surface area contributed by atoms with Crippen LogP contribution in [-0.2, 0) is 22.1 Å². The molecule has 1 aliphatic rings. The number of hydrogen-bond acceptors (Lipinski definition) is 8. The molecule has 0 saturated carbocycles. The second-order valence-corrected chi connectivity index (χ2v) is 8.53. The van der Waals surface area contributed by atoms with Gasteiger partial charge in [-0.15, -0.1) is 0 Å². The van der Waals surface area contributed by atoms with Crippen LogP contribution in [0.25, 0.3) is 0 Å². The minimum Gasteiger partial charge on any atom is -0.462 e. The van der Waals surface area contributed by atoms with Gasteiger partial charge in [-0.3, -0.25) is 4.79 Å². The van der Waals surface area contributed by atoms with E-state index in [0.29, 0.717) is 29.9 Å². The fourth-order valence-electron chi connectivity index (χ4n) is 3.43. The van der Waals surface area contributed by atoms with Crippen molar-refractivity contribution in [3.05, 3.63) is 27.2 Å². The topological polar surface area (TPSA) is 109 Å². The zero-order valence-electron chi connectivity index (χ0n) is 18.1. The smallest absolute Gasteiger partial charge is 0.435 e. The highest BCUT2D eigenvalue weighted by atomic mass is 35.5. The summed E-state index contributed by atoms with van der Waals surface area (Å²) in [6.07, 6.45) is -4.39. The Balaban J connectivity index is 1.75. The van der Waals surface area contributed by atoms with E-state index in [1.54, 1.807) is 4.90 Å². The molecule has 1 amide bonds. The van der Waals surface area contributed by atoms with E-state index in [2.05, 4.69) is 20.3 Å². The number of carbonyl (C=O) groups excluding carboxylic acids is 2. The van der Waals surface area contributed by atoms with Crippen LogP contribution in [0.1, 0.15) is 51.9 Å². The number of rotatable bonds is 7. The summed E-state index contributed by atoms with van der Waals surface area (Å²) in [5.41, 5.74) is -0.631. The molecule has 0 spiro atoms. The Kier molecular flexibility index (Phi) is 7.85. The Morgan fingerprint density at radius 2 is 2.06 bits per heavy atom. The maximum absolute atomic E-state index is 13.4. The minimum atomic E-state index is -4.80. The quantitative estimate of drug-likeness (QED) is 0.551. The molecule has 1 fully saturated rings. The van der Waals surface area contributed by atoms with E-state index in [-0.39, 0.29) is 35.8 Å². The number of esters is 1. The molecule has 0 bridgehead atoms. The number of halogens is 4. The van der Waals surface area contributed by atoms with Crippen LogP contribution in [0.15, 0.2) is 0 Å². The number of nitrogens with one attached hydrogen (secondary N) is 2. The van der Waals surface area contributed by atoms with Gasteiger partial charge in [-0.2, -0.15) is 13.2 Å². The lowest BCUT2D eigenvalue weighted by molar-refractivity contribution is -0.141. The van der Waals surface area contributed by atoms with Crippen molar-refractivity contribution in [1.82, 2.24) is 20.3 Å². The molecule has 3 rings (SSSR count). The summed E-state index contributed by atoms with van der Waals surface area (Å²) in [4.78, 5) is 36.2. The summed E-state index contributed by atoms with van der Waals surface area (Å²) in [6.45, 7) is 3.77. The van der Waals surface area contributed by atoms with Crippen molar-refractivity contribution in [2.75, 3.05) is 31.7 Å². The molecule has 33 heavy (non-hydrogen) atoms. The van der Waals surface area contributed by atoms with Crippen molar-refractivity contribution in [3.63, 3.8) is 0 Å². The van der Waals surface area contributed by atoms with E-state index in [1.807, 2.05) is 6.92 Å². The average molecular weight is 510 g/mol. The molecule has 1 saturated heterocycles. The number of amides is 1. The third-order valence-electron chi connectivity index (χ3n) is 5.09. The highest BCUT2D eigenvalue weighted by Crippen LogP contribution is 2.38. The Bertz CT molecular complexity index is 1010. The fraction of sp³-hybridized carbons (Fsp3) is 0.579. The molecule has 2 N–H and O–H groups in total. The molecule has 1 aliphatic heterocycles. The number of nitrogens with zero attached hydrogens (tertiary/aromatic N) is 3. The third kappa shape index (κ3) is 5.58. The van der Waals surface area contributed by atoms with Gasteiger partial charge in [0.2, 0.25) is 0 Å². The van der Waals surface area contributed by atoms with Gasteiger partial charge < -0.3 is 24.7 Å². The van der Waals surface area contributed by atoms with Crippen molar-refractivity contribution in [3.8, 4) is 0 Å². The van der Waals surface area contributed by atoms with Gasteiger partial charge in [0.05, 0.1) is 24.4 Å². The average Bonchev–Trinajstić information content (AvgIpc) is 3.38. The first kappa shape index (κ1) is 25.2. The number of hydrogen-bond donors (Lipinski definition) is 2. The second kappa shape index (κ2) is 10.3. The van der Waals surface area contributed by atoms with Crippen LogP contribution in [-0.4, -0.2) is 65.8 Å². The molecule has 9 nitrogen and oxygen atoms in total. The molecule has 182 valence electrons. The lowest BCUT2D eigenvalue weighted by Crippen LogP contribution is -2.55. The molecule has 3 heterocycles. The summed E-state index contributed by atoms with van der Waals surface area (Å²) in [6, 6.07) is -0.417. The van der Waals surface area contributed by atoms with Crippen LogP contribution < -0.4 is 10.2 Å². The number of aromatic amines is 1. The molecule has 2 aromatic rings. The standard InChI is InChI=1S/C19H23ClF3N5O4S/c1-4-9-14(20)27-15(24-9)16(29)25-10-6-7-28(8-11(10)31-3)18-26-13(19(21,22)23)12(33-18)17(30)32-5-2/h10-11H,4-8H2,1-3H3,(H,24,27)(H,25,29)/t10-,11+/m1/s1. The van der Waals surface area contributed by atoms with Crippen LogP contribution in [0.5, 0.6) is 0 Å². The molecule has 0 aromatic carbocycles. The Morgan fingerprint density at radius 1 is 1.33 bits per heavy atom. The third-order valence-corrected chi connectivity index (χ3v) is 6.50. The summed E-state index contributed by atoms with van der Waals surface area (Å²) in [5, 5.41) is 3.09. The number of H-pyrrole nitrogens is 1. The summed E-state index contributed by atoms with van der Waals surface area (Å²) in [7, 11) is 1.44. The van der Waals surface area contributed by atoms with E-state index in [0.717, 1.165) is 0 Å². The van der Waals surface area contributed by atoms with E-state index in [4.69, 9.17) is 21.1 Å². The van der Waals surface area contributed by atoms with E-state index >= 15 is 0 Å². The van der Waals surface area contributed by atoms with Gasteiger partial charge in [0.15, 0.2) is 21.8 Å². The van der Waals surface area contributed by atoms with Gasteiger partial charge in [0.1, 0.15) is 4.88 Å². The molecule has 2 aromatic heterocycles. The molecule has 0 unspecified atom stereocenters. The number of aromatic nitrogens is 3. The van der Waals surface area contributed by atoms with Crippen molar-refractivity contribution < 1.29 is 32.2 Å². The monoisotopic (exact) mass is 509 g/mol. The first-order chi connectivity index (χ1) is 15.6. The lowest BCUT2D eigenvalue weighted by Gasteiger charge is -2.37. The Labute approximate surface area is 196 Å². The normalized spacial score (nSPS) is 18.9. The van der Waals surface area contributed by atoms with Crippen molar-refractivity contribution in [1.29, 1.82) is 0 Å². The lowest BCUT2D eigenvalue weighted by atomic mass is 10.0. The minimum absolute atomic E-state index is 0.0302. The van der Waals surface area contributed by atoms with Crippen LogP contribution in [0, 0.1) is 0 Å². The molecule has 2 atom stereocenters. The maximum Gasteiger partial charge on any atom is 0.435 e. The van der Waals surface area contributed by atoms with Crippen molar-refractivity contribution in [2.24, 2.45) is 0 Å². The Hall–Kier alpha value is -2.38. The number of carbonyl (C=O) groups is 2. The number of imidazole rings is 1. The summed E-state index contributed by atoms with van der Waals surface area (Å²) in [5.74, 6) is -1.46. The molecular formula is C19H23ClF3N5O4S. The van der Waals surface area contributed by atoms with Gasteiger partial charge in [-0.1, -0.05) is 29.9 Å². The number of methoxy groups -OCH3 is 1. The Morgan fingerprint density at radius 3 is 2.64 bits per heavy atom. The number of aryl methyl sites for hydroxylation is 1. The fourth-order valence-corrected chi connectivity index (χ4v) is 4.71. The highest BCUT2D eigenvalue weighted by molar-refractivity contribution is 7.17. The molecular weight excluding hydrogens is 487 g/mol. The predicted molar refractivity (Wildman–Crippen MR) is 115 cm³/mol. The van der Waals surface area contributed by atoms with E-state index in [1.165, 1.54) is 14.0 Å². The van der Waals surface area contributed by atoms with Gasteiger partial charge in [0.25, 0.3) is 5.91 Å². The zero-order valence-corrected chi connectivity index (χ0v) is 19.7. The number of anilines is 1. The van der Waals surface area contributed by atoms with Crippen molar-refractivity contribution >= 4 is 39.9 Å². The van der Waals surface area contributed by atoms with Crippen LogP contribution in [0.3, 0.4) is 0 Å². The zero-order chi connectivity index (χ0) is 24.3. The van der Waals surface area contributed by atoms with Crippen molar-refractivity contribution in [2.45, 2.75) is 45.0 Å². The summed E-state index contributed by atoms with van der Waals surface area (Å²) < 4.78 is 50.5. The highest BCUT2D eigenvalue weighted by Gasteiger charge is 2.42. The van der Waals surface area contributed by atoms with E-state index < -0.39 is 40.8 Å². The van der Waals surface area contributed by atoms with Crippen LogP contribution in [0.4, 0.5) is 18.3 Å². The van der Waals surface area contributed by atoms with Crippen LogP contribution in [0.2, 0.25) is 5.15 Å².